The molecule has 0 aromatic rings. The lowest BCUT2D eigenvalue weighted by Crippen LogP contribution is -1.97. The average Bonchev–Trinajstić information content (AvgIpc) is 2.44. The average molecular weight is 264 g/mol. The predicted molar refractivity (Wildman–Crippen MR) is 89.0 cm³/mol. The van der Waals surface area contributed by atoms with Crippen LogP contribution in [0.4, 0.5) is 0 Å². The zero-order valence-corrected chi connectivity index (χ0v) is 13.3. The third kappa shape index (κ3) is 14.0. The zero-order chi connectivity index (χ0) is 14.2. The predicted octanol–water partition coefficient (Wildman–Crippen LogP) is 6.92. The Kier molecular flexibility index (Phi) is 15.6. The molecule has 0 bridgehead atoms. The molecule has 0 heterocycles. The van der Waals surface area contributed by atoms with Gasteiger partial charge in [0.2, 0.25) is 0 Å². The van der Waals surface area contributed by atoms with Gasteiger partial charge < -0.3 is 0 Å². The van der Waals surface area contributed by atoms with Crippen LogP contribution in [0.3, 0.4) is 0 Å². The minimum Gasteiger partial charge on any atom is -0.0885 e. The molecule has 0 amide bonds. The first-order chi connectivity index (χ1) is 9.35. The summed E-state index contributed by atoms with van der Waals surface area (Å²) in [5.74, 6) is 0.913. The number of unbranched alkanes of at least 4 members (excludes halogenated alkanes) is 8. The van der Waals surface area contributed by atoms with Crippen LogP contribution in [-0.2, 0) is 0 Å². The van der Waals surface area contributed by atoms with Gasteiger partial charge in [0.25, 0.3) is 0 Å². The molecule has 19 heavy (non-hydrogen) atoms. The molecule has 0 heteroatoms. The van der Waals surface area contributed by atoms with Crippen molar-refractivity contribution in [2.24, 2.45) is 5.92 Å². The van der Waals surface area contributed by atoms with Gasteiger partial charge in [-0.3, -0.25) is 0 Å². The van der Waals surface area contributed by atoms with Crippen LogP contribution in [0, 0.1) is 19.8 Å². The second-order valence-electron chi connectivity index (χ2n) is 5.74. The van der Waals surface area contributed by atoms with E-state index in [9.17, 15) is 0 Å². The highest BCUT2D eigenvalue weighted by atomic mass is 14.1. The minimum atomic E-state index is 0.913. The third-order valence-corrected chi connectivity index (χ3v) is 3.95. The molecule has 1 unspecified atom stereocenters. The van der Waals surface area contributed by atoms with Crippen LogP contribution in [0.5, 0.6) is 0 Å². The number of hydrogen-bond acceptors (Lipinski definition) is 0. The van der Waals surface area contributed by atoms with E-state index in [1.165, 1.54) is 70.6 Å². The normalized spacial score (nSPS) is 13.2. The molecule has 112 valence electrons. The Morgan fingerprint density at radius 1 is 0.789 bits per heavy atom. The van der Waals surface area contributed by atoms with Crippen LogP contribution in [0.15, 0.2) is 12.2 Å². The van der Waals surface area contributed by atoms with Crippen LogP contribution in [-0.4, -0.2) is 0 Å². The summed E-state index contributed by atoms with van der Waals surface area (Å²) in [6.07, 6.45) is 21.8. The van der Waals surface area contributed by atoms with Crippen molar-refractivity contribution in [3.05, 3.63) is 26.0 Å². The van der Waals surface area contributed by atoms with Gasteiger partial charge in [0.05, 0.1) is 0 Å². The molecule has 0 fully saturated rings. The van der Waals surface area contributed by atoms with Crippen LogP contribution in [0.2, 0.25) is 0 Å². The number of rotatable bonds is 14. The number of hydrogen-bond donors (Lipinski definition) is 0. The van der Waals surface area contributed by atoms with Gasteiger partial charge in [0.15, 0.2) is 0 Å². The summed E-state index contributed by atoms with van der Waals surface area (Å²) >= 11 is 0. The number of allylic oxidation sites excluding steroid dienone is 2. The van der Waals surface area contributed by atoms with E-state index >= 15 is 0 Å². The fraction of sp³-hybridized carbons (Fsp3) is 0.789. The maximum absolute atomic E-state index is 3.90. The highest BCUT2D eigenvalue weighted by Gasteiger charge is 2.03. The van der Waals surface area contributed by atoms with Gasteiger partial charge >= 0.3 is 0 Å². The molecule has 0 N–H and O–H groups in total. The van der Waals surface area contributed by atoms with Crippen molar-refractivity contribution in [1.82, 2.24) is 0 Å². The van der Waals surface area contributed by atoms with Crippen molar-refractivity contribution in [3.8, 4) is 0 Å². The summed E-state index contributed by atoms with van der Waals surface area (Å²) in [4.78, 5) is 0. The van der Waals surface area contributed by atoms with E-state index in [-0.39, 0.29) is 0 Å². The minimum absolute atomic E-state index is 0.913. The first-order valence-electron chi connectivity index (χ1n) is 8.58. The Hall–Kier alpha value is -0.260. The van der Waals surface area contributed by atoms with Crippen LogP contribution in [0.1, 0.15) is 90.4 Å². The Bertz CT molecular complexity index is 180. The second kappa shape index (κ2) is 15.8. The van der Waals surface area contributed by atoms with Crippen molar-refractivity contribution >= 4 is 0 Å². The molecule has 0 aliphatic heterocycles. The van der Waals surface area contributed by atoms with Crippen molar-refractivity contribution in [2.75, 3.05) is 0 Å². The van der Waals surface area contributed by atoms with Gasteiger partial charge in [-0.2, -0.15) is 0 Å². The summed E-state index contributed by atoms with van der Waals surface area (Å²) in [6.45, 7) is 10.1. The maximum atomic E-state index is 3.90. The van der Waals surface area contributed by atoms with Crippen LogP contribution in [0.25, 0.3) is 0 Å². The summed E-state index contributed by atoms with van der Waals surface area (Å²) in [5, 5.41) is 0. The highest BCUT2D eigenvalue weighted by molar-refractivity contribution is 4.83. The molecule has 2 radical (unpaired) electrons. The Labute approximate surface area is 123 Å². The first-order valence-corrected chi connectivity index (χ1v) is 8.58. The van der Waals surface area contributed by atoms with E-state index < -0.39 is 0 Å². The van der Waals surface area contributed by atoms with E-state index in [0.717, 1.165) is 18.8 Å². The van der Waals surface area contributed by atoms with E-state index in [1.807, 2.05) is 0 Å². The Morgan fingerprint density at radius 3 is 2.05 bits per heavy atom. The summed E-state index contributed by atoms with van der Waals surface area (Å²) in [7, 11) is 0. The summed E-state index contributed by atoms with van der Waals surface area (Å²) < 4.78 is 0. The zero-order valence-electron chi connectivity index (χ0n) is 13.3. The monoisotopic (exact) mass is 264 g/mol. The van der Waals surface area contributed by atoms with Crippen LogP contribution < -0.4 is 0 Å². The topological polar surface area (TPSA) is 0 Å². The quantitative estimate of drug-likeness (QED) is 0.236. The largest absolute Gasteiger partial charge is 0.0885 e. The Balaban J connectivity index is 3.44. The molecule has 0 nitrogen and oxygen atoms in total. The summed E-state index contributed by atoms with van der Waals surface area (Å²) in [6, 6.07) is 0. The van der Waals surface area contributed by atoms with Gasteiger partial charge in [-0.05, 0) is 25.2 Å². The first kappa shape index (κ1) is 18.7. The van der Waals surface area contributed by atoms with E-state index in [0.29, 0.717) is 0 Å². The van der Waals surface area contributed by atoms with Gasteiger partial charge in [0, 0.05) is 0 Å². The lowest BCUT2D eigenvalue weighted by atomic mass is 9.94. The standard InChI is InChI=1S/C19H36/c1-4-7-9-11-12-14-16-18-19(6-3)17-15-13-10-8-5-2/h14,16,19H,1-2,4-13,15,17-18H2,3H3. The third-order valence-electron chi connectivity index (χ3n) is 3.95. The fourth-order valence-corrected chi connectivity index (χ4v) is 2.47. The molecule has 0 rings (SSSR count). The van der Waals surface area contributed by atoms with Crippen LogP contribution >= 0.6 is 0 Å². The van der Waals surface area contributed by atoms with Gasteiger partial charge in [0.1, 0.15) is 0 Å². The molecular weight excluding hydrogens is 228 g/mol. The molecule has 0 saturated carbocycles. The molecule has 0 aromatic heterocycles. The van der Waals surface area contributed by atoms with Crippen molar-refractivity contribution in [3.63, 3.8) is 0 Å². The van der Waals surface area contributed by atoms with Crippen molar-refractivity contribution in [1.29, 1.82) is 0 Å². The van der Waals surface area contributed by atoms with Gasteiger partial charge in [-0.15, -0.1) is 0 Å². The summed E-state index contributed by atoms with van der Waals surface area (Å²) in [5.41, 5.74) is 0. The molecule has 0 aliphatic rings. The van der Waals surface area contributed by atoms with E-state index in [4.69, 9.17) is 0 Å². The van der Waals surface area contributed by atoms with Crippen molar-refractivity contribution in [2.45, 2.75) is 90.4 Å². The Morgan fingerprint density at radius 2 is 1.42 bits per heavy atom. The molecule has 0 aromatic carbocycles. The molecular formula is C19H36. The van der Waals surface area contributed by atoms with Crippen molar-refractivity contribution < 1.29 is 0 Å². The van der Waals surface area contributed by atoms with Gasteiger partial charge in [-0.1, -0.05) is 97.1 Å². The van der Waals surface area contributed by atoms with E-state index in [1.54, 1.807) is 0 Å². The van der Waals surface area contributed by atoms with E-state index in [2.05, 4.69) is 32.9 Å². The lowest BCUT2D eigenvalue weighted by Gasteiger charge is -2.12. The smallest absolute Gasteiger partial charge is 0.0322 e. The lowest BCUT2D eigenvalue weighted by molar-refractivity contribution is 0.444. The molecule has 1 atom stereocenters. The highest BCUT2D eigenvalue weighted by Crippen LogP contribution is 2.18. The molecule has 0 saturated heterocycles. The second-order valence-corrected chi connectivity index (χ2v) is 5.74. The fourth-order valence-electron chi connectivity index (χ4n) is 2.47. The maximum Gasteiger partial charge on any atom is -0.0322 e. The SMILES string of the molecule is [CH2]CCCCCC=CCC(CC)CCCCCC[CH2]. The molecule has 0 spiro atoms. The van der Waals surface area contributed by atoms with Gasteiger partial charge in [-0.25, -0.2) is 0 Å². The molecule has 0 aliphatic carbocycles.